The van der Waals surface area contributed by atoms with Crippen LogP contribution in [0.5, 0.6) is 0 Å². The quantitative estimate of drug-likeness (QED) is 0.587. The van der Waals surface area contributed by atoms with E-state index in [4.69, 9.17) is 10.2 Å². The van der Waals surface area contributed by atoms with E-state index in [1.54, 1.807) is 41.5 Å². The van der Waals surface area contributed by atoms with E-state index in [0.717, 1.165) is 0 Å². The Balaban J connectivity index is -0.0000000544. The molecule has 0 amide bonds. The molecule has 0 spiro atoms. The molecule has 0 bridgehead atoms. The van der Waals surface area contributed by atoms with Gasteiger partial charge in [-0.05, 0) is 41.5 Å². The number of aliphatic hydroxyl groups excluding tert-OH is 2. The molecular weight excluding hydrogens is 312 g/mol. The van der Waals surface area contributed by atoms with Crippen LogP contribution in [0, 0.1) is 0 Å². The first-order valence-electron chi connectivity index (χ1n) is 6.63. The fourth-order valence-corrected chi connectivity index (χ4v) is 0.407. The smallest absolute Gasteiger partial charge is 0.302 e. The molecular formula is C14H32O6Ti. The number of aliphatic hydroxyl groups is 2. The number of carbonyl (C=O) groups excluding carboxylic acids is 2. The minimum Gasteiger partial charge on any atom is -0.466 e. The van der Waals surface area contributed by atoms with E-state index in [0.29, 0.717) is 13.2 Å². The van der Waals surface area contributed by atoms with Crippen molar-refractivity contribution in [3.05, 3.63) is 0 Å². The summed E-state index contributed by atoms with van der Waals surface area (Å²) >= 11 is 0. The molecule has 0 aliphatic rings. The van der Waals surface area contributed by atoms with Gasteiger partial charge in [0.25, 0.3) is 0 Å². The summed E-state index contributed by atoms with van der Waals surface area (Å²) in [7, 11) is 0. The first-order chi connectivity index (χ1) is 9.00. The average molecular weight is 344 g/mol. The summed E-state index contributed by atoms with van der Waals surface area (Å²) in [6, 6.07) is 0. The van der Waals surface area contributed by atoms with Crippen molar-refractivity contribution in [3.63, 3.8) is 0 Å². The van der Waals surface area contributed by atoms with Crippen LogP contribution in [0.25, 0.3) is 0 Å². The van der Waals surface area contributed by atoms with Gasteiger partial charge in [-0.3, -0.25) is 9.59 Å². The second-order valence-electron chi connectivity index (χ2n) is 4.04. The minimum atomic E-state index is -0.211. The zero-order chi connectivity index (χ0) is 17.1. The third-order valence-electron chi connectivity index (χ3n) is 0.695. The first kappa shape index (κ1) is 32.5. The molecule has 0 aliphatic heterocycles. The molecule has 0 unspecified atom stereocenters. The molecule has 0 aromatic heterocycles. The molecule has 7 heteroatoms. The Morgan fingerprint density at radius 2 is 0.952 bits per heavy atom. The maximum atomic E-state index is 9.82. The number of hydrogen-bond acceptors (Lipinski definition) is 6. The number of carbonyl (C=O) groups is 2. The van der Waals surface area contributed by atoms with Crippen molar-refractivity contribution in [2.75, 3.05) is 13.2 Å². The van der Waals surface area contributed by atoms with Crippen LogP contribution in [-0.2, 0) is 40.8 Å². The van der Waals surface area contributed by atoms with E-state index < -0.39 is 0 Å². The molecule has 0 saturated carbocycles. The predicted molar refractivity (Wildman–Crippen MR) is 79.3 cm³/mol. The molecule has 0 rings (SSSR count). The topological polar surface area (TPSA) is 93.1 Å². The van der Waals surface area contributed by atoms with Gasteiger partial charge in [-0.1, -0.05) is 0 Å². The molecule has 128 valence electrons. The number of ether oxygens (including phenoxy) is 2. The molecule has 0 heterocycles. The van der Waals surface area contributed by atoms with Gasteiger partial charge in [-0.15, -0.1) is 0 Å². The van der Waals surface area contributed by atoms with Gasteiger partial charge in [0.1, 0.15) is 0 Å². The van der Waals surface area contributed by atoms with E-state index >= 15 is 0 Å². The fourth-order valence-electron chi connectivity index (χ4n) is 0.407. The Morgan fingerprint density at radius 3 is 0.952 bits per heavy atom. The van der Waals surface area contributed by atoms with Crippen molar-refractivity contribution in [1.82, 2.24) is 0 Å². The number of esters is 2. The predicted octanol–water partition coefficient (Wildman–Crippen LogP) is 1.91. The Labute approximate surface area is 144 Å². The molecule has 0 atom stereocenters. The normalized spacial score (nSPS) is 7.81. The van der Waals surface area contributed by atoms with Crippen LogP contribution in [-0.4, -0.2) is 47.6 Å². The Morgan fingerprint density at radius 1 is 0.810 bits per heavy atom. The van der Waals surface area contributed by atoms with Crippen LogP contribution in [0.4, 0.5) is 0 Å². The van der Waals surface area contributed by atoms with E-state index in [-0.39, 0.29) is 45.9 Å². The van der Waals surface area contributed by atoms with Crippen LogP contribution in [0.1, 0.15) is 55.4 Å². The number of rotatable bonds is 2. The summed E-state index contributed by atoms with van der Waals surface area (Å²) in [4.78, 5) is 19.6. The summed E-state index contributed by atoms with van der Waals surface area (Å²) < 4.78 is 8.81. The maximum absolute atomic E-state index is 9.82. The third kappa shape index (κ3) is 195. The zero-order valence-corrected chi connectivity index (χ0v) is 16.2. The van der Waals surface area contributed by atoms with Gasteiger partial charge < -0.3 is 19.7 Å². The minimum absolute atomic E-state index is 0. The molecule has 0 radical (unpaired) electrons. The monoisotopic (exact) mass is 344 g/mol. The van der Waals surface area contributed by atoms with Crippen LogP contribution in [0.3, 0.4) is 0 Å². The summed E-state index contributed by atoms with van der Waals surface area (Å²) in [5.74, 6) is -0.421. The molecule has 0 saturated heterocycles. The second-order valence-corrected chi connectivity index (χ2v) is 4.04. The Hall–Kier alpha value is -0.426. The van der Waals surface area contributed by atoms with Crippen molar-refractivity contribution < 1.29 is 51.0 Å². The van der Waals surface area contributed by atoms with Crippen molar-refractivity contribution in [3.8, 4) is 0 Å². The molecule has 21 heavy (non-hydrogen) atoms. The van der Waals surface area contributed by atoms with Gasteiger partial charge in [-0.2, -0.15) is 0 Å². The Bertz CT molecular complexity index is 180. The summed E-state index contributed by atoms with van der Waals surface area (Å²) in [5.41, 5.74) is 0. The second kappa shape index (κ2) is 27.8. The Kier molecular flexibility index (Phi) is 43.1. The molecule has 0 aromatic carbocycles. The standard InChI is InChI=1S/2C4H8O2.2C3H8O.Ti/c2*1-3-6-4(2)5;2*1-3(2)4;/h2*3H2,1-2H3;2*3-4H,1-2H3;. The van der Waals surface area contributed by atoms with Gasteiger partial charge >= 0.3 is 11.9 Å². The van der Waals surface area contributed by atoms with Crippen LogP contribution >= 0.6 is 0 Å². The first-order valence-corrected chi connectivity index (χ1v) is 6.63. The van der Waals surface area contributed by atoms with E-state index in [9.17, 15) is 9.59 Å². The molecule has 0 aliphatic carbocycles. The van der Waals surface area contributed by atoms with Crippen molar-refractivity contribution in [1.29, 1.82) is 0 Å². The summed E-state index contributed by atoms with van der Waals surface area (Å²) in [6.07, 6.45) is -0.333. The van der Waals surface area contributed by atoms with Crippen molar-refractivity contribution in [2.45, 2.75) is 67.6 Å². The van der Waals surface area contributed by atoms with Gasteiger partial charge in [0.05, 0.1) is 13.2 Å². The SMILES string of the molecule is CC(C)O.CC(C)O.CCOC(C)=O.CCOC(C)=O.[Ti]. The summed E-state index contributed by atoms with van der Waals surface area (Å²) in [5, 5.41) is 16.1. The average Bonchev–Trinajstić information content (AvgIpc) is 2.15. The third-order valence-corrected chi connectivity index (χ3v) is 0.695. The van der Waals surface area contributed by atoms with Gasteiger partial charge in [0.2, 0.25) is 0 Å². The van der Waals surface area contributed by atoms with Crippen LogP contribution in [0.2, 0.25) is 0 Å². The van der Waals surface area contributed by atoms with Gasteiger partial charge in [0, 0.05) is 47.8 Å². The van der Waals surface area contributed by atoms with Crippen molar-refractivity contribution >= 4 is 11.9 Å². The van der Waals surface area contributed by atoms with Gasteiger partial charge in [-0.25, -0.2) is 0 Å². The number of hydrogen-bond donors (Lipinski definition) is 2. The van der Waals surface area contributed by atoms with E-state index in [1.165, 1.54) is 13.8 Å². The molecule has 0 aromatic rings. The molecule has 6 nitrogen and oxygen atoms in total. The summed E-state index contributed by atoms with van der Waals surface area (Å²) in [6.45, 7) is 14.2. The maximum Gasteiger partial charge on any atom is 0.302 e. The fraction of sp³-hybridized carbons (Fsp3) is 0.857. The van der Waals surface area contributed by atoms with Gasteiger partial charge in [0.15, 0.2) is 0 Å². The van der Waals surface area contributed by atoms with E-state index in [2.05, 4.69) is 9.47 Å². The van der Waals surface area contributed by atoms with E-state index in [1.807, 2.05) is 0 Å². The van der Waals surface area contributed by atoms with Crippen molar-refractivity contribution in [2.24, 2.45) is 0 Å². The molecule has 2 N–H and O–H groups in total. The molecule has 0 fully saturated rings. The largest absolute Gasteiger partial charge is 0.466 e. The van der Waals surface area contributed by atoms with Crippen LogP contribution in [0.15, 0.2) is 0 Å². The van der Waals surface area contributed by atoms with Crippen LogP contribution < -0.4 is 0 Å². The zero-order valence-electron chi connectivity index (χ0n) is 14.6.